The molecule has 1 amide bonds. The molecule has 0 spiro atoms. The van der Waals surface area contributed by atoms with Crippen molar-refractivity contribution < 1.29 is 19.8 Å². The van der Waals surface area contributed by atoms with Crippen LogP contribution in [0.5, 0.6) is 5.75 Å². The lowest BCUT2D eigenvalue weighted by Gasteiger charge is -2.13. The average molecular weight is 235 g/mol. The molecule has 17 heavy (non-hydrogen) atoms. The Morgan fingerprint density at radius 2 is 1.94 bits per heavy atom. The summed E-state index contributed by atoms with van der Waals surface area (Å²) in [5.41, 5.74) is 0.708. The van der Waals surface area contributed by atoms with Gasteiger partial charge in [0.25, 0.3) is 0 Å². The van der Waals surface area contributed by atoms with Crippen molar-refractivity contribution in [3.63, 3.8) is 0 Å². The molecule has 0 radical (unpaired) electrons. The third-order valence-corrected chi connectivity index (χ3v) is 2.18. The predicted molar refractivity (Wildman–Crippen MR) is 61.6 cm³/mol. The Balaban J connectivity index is 2.73. The van der Waals surface area contributed by atoms with Gasteiger partial charge in [-0.15, -0.1) is 0 Å². The Labute approximate surface area is 98.4 Å². The number of aliphatic carboxylic acids is 1. The number of carbonyl (C=O) groups is 2. The highest BCUT2D eigenvalue weighted by molar-refractivity contribution is 5.90. The van der Waals surface area contributed by atoms with Crippen LogP contribution in [-0.2, 0) is 16.0 Å². The molecule has 5 heteroatoms. The lowest BCUT2D eigenvalue weighted by atomic mass is 10.1. The second-order valence-electron chi connectivity index (χ2n) is 3.47. The van der Waals surface area contributed by atoms with Crippen LogP contribution in [0.25, 0.3) is 0 Å². The van der Waals surface area contributed by atoms with Crippen LogP contribution in [0.1, 0.15) is 5.56 Å². The Morgan fingerprint density at radius 1 is 1.35 bits per heavy atom. The van der Waals surface area contributed by atoms with Crippen LogP contribution in [0.2, 0.25) is 0 Å². The van der Waals surface area contributed by atoms with Crippen LogP contribution in [-0.4, -0.2) is 28.1 Å². The summed E-state index contributed by atoms with van der Waals surface area (Å²) in [5, 5.41) is 20.3. The van der Waals surface area contributed by atoms with E-state index in [1.165, 1.54) is 12.1 Å². The molecular formula is C12H13NO4. The fraction of sp³-hybridized carbons (Fsp3) is 0.167. The summed E-state index contributed by atoms with van der Waals surface area (Å²) in [6.45, 7) is 3.25. The van der Waals surface area contributed by atoms with Gasteiger partial charge >= 0.3 is 5.97 Å². The van der Waals surface area contributed by atoms with E-state index in [0.717, 1.165) is 6.08 Å². The van der Waals surface area contributed by atoms with Gasteiger partial charge < -0.3 is 15.5 Å². The SMILES string of the molecule is C=CC(=O)N[C@@H](Cc1ccc(O)cc1)C(=O)O. The minimum Gasteiger partial charge on any atom is -0.508 e. The van der Waals surface area contributed by atoms with Crippen molar-refractivity contribution in [3.8, 4) is 5.75 Å². The van der Waals surface area contributed by atoms with E-state index in [2.05, 4.69) is 11.9 Å². The topological polar surface area (TPSA) is 86.6 Å². The van der Waals surface area contributed by atoms with E-state index in [0.29, 0.717) is 5.56 Å². The molecular weight excluding hydrogens is 222 g/mol. The van der Waals surface area contributed by atoms with E-state index >= 15 is 0 Å². The molecule has 3 N–H and O–H groups in total. The number of nitrogens with one attached hydrogen (secondary N) is 1. The number of phenolic OH excluding ortho intramolecular Hbond substituents is 1. The van der Waals surface area contributed by atoms with E-state index in [9.17, 15) is 9.59 Å². The van der Waals surface area contributed by atoms with Gasteiger partial charge in [0.15, 0.2) is 0 Å². The Bertz CT molecular complexity index is 425. The summed E-state index contributed by atoms with van der Waals surface area (Å²) in [6, 6.07) is 5.12. The van der Waals surface area contributed by atoms with Crippen LogP contribution in [0.15, 0.2) is 36.9 Å². The summed E-state index contributed by atoms with van der Waals surface area (Å²) in [5.74, 6) is -1.54. The number of carboxylic acids is 1. The molecule has 0 aliphatic carbocycles. The van der Waals surface area contributed by atoms with Gasteiger partial charge in [0, 0.05) is 6.42 Å². The Kier molecular flexibility index (Phi) is 4.28. The zero-order chi connectivity index (χ0) is 12.8. The van der Waals surface area contributed by atoms with Crippen molar-refractivity contribution in [2.45, 2.75) is 12.5 Å². The molecule has 1 atom stereocenters. The number of amides is 1. The van der Waals surface area contributed by atoms with Gasteiger partial charge in [0.2, 0.25) is 5.91 Å². The van der Waals surface area contributed by atoms with Crippen molar-refractivity contribution in [1.82, 2.24) is 5.32 Å². The molecule has 0 bridgehead atoms. The van der Waals surface area contributed by atoms with Gasteiger partial charge in [-0.1, -0.05) is 18.7 Å². The highest BCUT2D eigenvalue weighted by Gasteiger charge is 2.19. The number of rotatable bonds is 5. The van der Waals surface area contributed by atoms with Crippen molar-refractivity contribution in [2.75, 3.05) is 0 Å². The highest BCUT2D eigenvalue weighted by Crippen LogP contribution is 2.11. The maximum absolute atomic E-state index is 11.0. The molecule has 1 aromatic rings. The monoisotopic (exact) mass is 235 g/mol. The minimum absolute atomic E-state index is 0.107. The molecule has 90 valence electrons. The first-order valence-electron chi connectivity index (χ1n) is 4.96. The lowest BCUT2D eigenvalue weighted by molar-refractivity contribution is -0.141. The largest absolute Gasteiger partial charge is 0.508 e. The lowest BCUT2D eigenvalue weighted by Crippen LogP contribution is -2.41. The van der Waals surface area contributed by atoms with E-state index in [1.807, 2.05) is 0 Å². The standard InChI is InChI=1S/C12H13NO4/c1-2-11(15)13-10(12(16)17)7-8-3-5-9(14)6-4-8/h2-6,10,14H,1,7H2,(H,13,15)(H,16,17)/t10-/m0/s1. The molecule has 5 nitrogen and oxygen atoms in total. The van der Waals surface area contributed by atoms with Crippen molar-refractivity contribution in [1.29, 1.82) is 0 Å². The second-order valence-corrected chi connectivity index (χ2v) is 3.47. The molecule has 1 rings (SSSR count). The Morgan fingerprint density at radius 3 is 2.41 bits per heavy atom. The fourth-order valence-corrected chi connectivity index (χ4v) is 1.30. The van der Waals surface area contributed by atoms with E-state index < -0.39 is 17.9 Å². The van der Waals surface area contributed by atoms with Crippen molar-refractivity contribution >= 4 is 11.9 Å². The van der Waals surface area contributed by atoms with Gasteiger partial charge in [-0.3, -0.25) is 4.79 Å². The predicted octanol–water partition coefficient (Wildman–Crippen LogP) is 0.690. The third-order valence-electron chi connectivity index (χ3n) is 2.18. The number of benzene rings is 1. The number of phenols is 1. The number of aromatic hydroxyl groups is 1. The third kappa shape index (κ3) is 3.98. The van der Waals surface area contributed by atoms with Crippen LogP contribution in [0.3, 0.4) is 0 Å². The van der Waals surface area contributed by atoms with E-state index in [-0.39, 0.29) is 12.2 Å². The summed E-state index contributed by atoms with van der Waals surface area (Å²) >= 11 is 0. The first-order chi connectivity index (χ1) is 8.02. The smallest absolute Gasteiger partial charge is 0.326 e. The van der Waals surface area contributed by atoms with Gasteiger partial charge in [-0.05, 0) is 23.8 Å². The molecule has 0 saturated carbocycles. The quantitative estimate of drug-likeness (QED) is 0.655. The van der Waals surface area contributed by atoms with E-state index in [1.54, 1.807) is 12.1 Å². The van der Waals surface area contributed by atoms with Gasteiger partial charge in [-0.2, -0.15) is 0 Å². The molecule has 0 fully saturated rings. The summed E-state index contributed by atoms with van der Waals surface area (Å²) in [6.07, 6.45) is 1.17. The molecule has 1 aromatic carbocycles. The summed E-state index contributed by atoms with van der Waals surface area (Å²) in [7, 11) is 0. The number of carbonyl (C=O) groups excluding carboxylic acids is 1. The molecule has 0 saturated heterocycles. The summed E-state index contributed by atoms with van der Waals surface area (Å²) in [4.78, 5) is 22.0. The maximum atomic E-state index is 11.0. The highest BCUT2D eigenvalue weighted by atomic mass is 16.4. The van der Waals surface area contributed by atoms with Crippen LogP contribution in [0.4, 0.5) is 0 Å². The Hall–Kier alpha value is -2.30. The average Bonchev–Trinajstić information content (AvgIpc) is 2.30. The molecule has 0 unspecified atom stereocenters. The number of carboxylic acid groups (broad SMARTS) is 1. The zero-order valence-corrected chi connectivity index (χ0v) is 9.09. The van der Waals surface area contributed by atoms with Gasteiger partial charge in [-0.25, -0.2) is 4.79 Å². The molecule has 0 aliphatic rings. The fourth-order valence-electron chi connectivity index (χ4n) is 1.30. The maximum Gasteiger partial charge on any atom is 0.326 e. The second kappa shape index (κ2) is 5.69. The number of hydrogen-bond acceptors (Lipinski definition) is 3. The summed E-state index contributed by atoms with van der Waals surface area (Å²) < 4.78 is 0. The van der Waals surface area contributed by atoms with Crippen LogP contribution >= 0.6 is 0 Å². The minimum atomic E-state index is -1.12. The van der Waals surface area contributed by atoms with Crippen molar-refractivity contribution in [3.05, 3.63) is 42.5 Å². The molecule has 0 heterocycles. The normalized spacial score (nSPS) is 11.5. The zero-order valence-electron chi connectivity index (χ0n) is 9.09. The van der Waals surface area contributed by atoms with E-state index in [4.69, 9.17) is 10.2 Å². The van der Waals surface area contributed by atoms with Crippen molar-refractivity contribution in [2.24, 2.45) is 0 Å². The first kappa shape index (κ1) is 12.8. The first-order valence-corrected chi connectivity index (χ1v) is 4.96. The number of hydrogen-bond donors (Lipinski definition) is 3. The van der Waals surface area contributed by atoms with Gasteiger partial charge in [0.1, 0.15) is 11.8 Å². The van der Waals surface area contributed by atoms with Crippen LogP contribution < -0.4 is 5.32 Å². The molecule has 0 aromatic heterocycles. The molecule has 0 aliphatic heterocycles. The van der Waals surface area contributed by atoms with Gasteiger partial charge in [0.05, 0.1) is 0 Å². The van der Waals surface area contributed by atoms with Crippen LogP contribution in [0, 0.1) is 0 Å².